The molecule has 1 atom stereocenters. The zero-order valence-corrected chi connectivity index (χ0v) is 21.3. The molecule has 0 amide bonds. The molecule has 37 heavy (non-hydrogen) atoms. The van der Waals surface area contributed by atoms with Crippen molar-refractivity contribution in [1.82, 2.24) is 35.0 Å². The number of tetrazole rings is 1. The summed E-state index contributed by atoms with van der Waals surface area (Å²) in [5.74, 6) is 2.92. The Hall–Kier alpha value is -3.70. The monoisotopic (exact) mass is 505 g/mol. The van der Waals surface area contributed by atoms with Crippen molar-refractivity contribution in [2.45, 2.75) is 45.3 Å². The van der Waals surface area contributed by atoms with Gasteiger partial charge in [0.05, 0.1) is 23.9 Å². The van der Waals surface area contributed by atoms with Crippen LogP contribution in [0.5, 0.6) is 11.5 Å². The number of rotatable bonds is 7. The molecule has 0 aliphatic carbocycles. The second-order valence-corrected chi connectivity index (χ2v) is 10.3. The Bertz CT molecular complexity index is 1450. The molecule has 1 saturated heterocycles. The van der Waals surface area contributed by atoms with Crippen LogP contribution in [0.4, 0.5) is 0 Å². The van der Waals surface area contributed by atoms with E-state index in [0.29, 0.717) is 28.4 Å². The Morgan fingerprint density at radius 2 is 1.89 bits per heavy atom. The van der Waals surface area contributed by atoms with Crippen molar-refractivity contribution in [2.24, 2.45) is 0 Å². The van der Waals surface area contributed by atoms with Crippen LogP contribution in [0.3, 0.4) is 0 Å². The number of nitrogens with zero attached hydrogens (tertiary/aromatic N) is 6. The molecule has 1 unspecified atom stereocenters. The number of H-pyrrole nitrogens is 1. The summed E-state index contributed by atoms with van der Waals surface area (Å²) < 4.78 is 18.5. The molecule has 0 spiro atoms. The van der Waals surface area contributed by atoms with E-state index < -0.39 is 6.04 Å². The highest BCUT2D eigenvalue weighted by atomic mass is 16.7. The van der Waals surface area contributed by atoms with Crippen molar-refractivity contribution in [1.29, 1.82) is 0 Å². The number of nitrogens with one attached hydrogen (secondary N) is 1. The van der Waals surface area contributed by atoms with E-state index >= 15 is 0 Å². The third-order valence-corrected chi connectivity index (χ3v) is 7.57. The van der Waals surface area contributed by atoms with E-state index in [2.05, 4.69) is 51.1 Å². The van der Waals surface area contributed by atoms with E-state index in [4.69, 9.17) is 13.9 Å². The molecule has 194 valence electrons. The van der Waals surface area contributed by atoms with Gasteiger partial charge in [-0.05, 0) is 55.0 Å². The maximum atomic E-state index is 13.6. The Kier molecular flexibility index (Phi) is 5.96. The highest BCUT2D eigenvalue weighted by Gasteiger charge is 2.36. The quantitative estimate of drug-likeness (QED) is 0.405. The number of furan rings is 1. The highest BCUT2D eigenvalue weighted by Crippen LogP contribution is 2.37. The smallest absolute Gasteiger partial charge is 0.253 e. The summed E-state index contributed by atoms with van der Waals surface area (Å²) in [6, 6.07) is 9.16. The van der Waals surface area contributed by atoms with Crippen molar-refractivity contribution < 1.29 is 13.9 Å². The molecule has 11 heteroatoms. The SMILES string of the molecule is CCC(C)(C)n1nnnc1C(c1cc2cc3c(cc2[nH]c1=O)OCO3)N1CCN(Cc2ccco2)CC1. The van der Waals surface area contributed by atoms with Crippen molar-refractivity contribution in [3.63, 3.8) is 0 Å². The van der Waals surface area contributed by atoms with Crippen LogP contribution in [-0.2, 0) is 12.1 Å². The molecule has 6 rings (SSSR count). The molecule has 2 aliphatic heterocycles. The molecule has 0 bridgehead atoms. The number of hydrogen-bond donors (Lipinski definition) is 1. The van der Waals surface area contributed by atoms with Gasteiger partial charge in [0.1, 0.15) is 11.8 Å². The van der Waals surface area contributed by atoms with Gasteiger partial charge in [-0.2, -0.15) is 0 Å². The molecule has 3 aromatic heterocycles. The maximum Gasteiger partial charge on any atom is 0.253 e. The molecule has 4 aromatic rings. The summed E-state index contributed by atoms with van der Waals surface area (Å²) in [6.07, 6.45) is 2.54. The first kappa shape index (κ1) is 23.7. The van der Waals surface area contributed by atoms with Gasteiger partial charge >= 0.3 is 0 Å². The fourth-order valence-electron chi connectivity index (χ4n) is 5.06. The normalized spacial score (nSPS) is 17.5. The van der Waals surface area contributed by atoms with E-state index in [-0.39, 0.29) is 17.9 Å². The standard InChI is InChI=1S/C26H31N7O4/c1-4-26(2,3)33-24(28-29-30-33)23(32-9-7-31(8-10-32)15-18-6-5-11-35-18)19-12-17-13-21-22(37-16-36-21)14-20(17)27-25(19)34/h5-6,11-14,23H,4,7-10,15-16H2,1-3H3,(H,27,34). The van der Waals surface area contributed by atoms with Crippen LogP contribution in [0.1, 0.15) is 50.4 Å². The van der Waals surface area contributed by atoms with E-state index in [0.717, 1.165) is 50.3 Å². The van der Waals surface area contributed by atoms with E-state index in [1.54, 1.807) is 6.26 Å². The largest absolute Gasteiger partial charge is 0.468 e. The maximum absolute atomic E-state index is 13.6. The van der Waals surface area contributed by atoms with Crippen LogP contribution in [0.15, 0.2) is 45.8 Å². The molecular formula is C26H31N7O4. The number of fused-ring (bicyclic) bond motifs is 2. The van der Waals surface area contributed by atoms with Gasteiger partial charge in [0, 0.05) is 43.2 Å². The van der Waals surface area contributed by atoms with E-state index in [1.165, 1.54) is 0 Å². The van der Waals surface area contributed by atoms with Crippen LogP contribution < -0.4 is 15.0 Å². The average molecular weight is 506 g/mol. The third-order valence-electron chi connectivity index (χ3n) is 7.57. The first-order chi connectivity index (χ1) is 17.9. The molecule has 0 radical (unpaired) electrons. The molecule has 11 nitrogen and oxygen atoms in total. The number of piperazine rings is 1. The lowest BCUT2D eigenvalue weighted by atomic mass is 9.98. The van der Waals surface area contributed by atoms with Gasteiger partial charge in [-0.25, -0.2) is 4.68 Å². The number of aromatic amines is 1. The molecule has 1 aromatic carbocycles. The second-order valence-electron chi connectivity index (χ2n) is 10.3. The molecule has 1 N–H and O–H groups in total. The van der Waals surface area contributed by atoms with Crippen LogP contribution in [0.25, 0.3) is 10.9 Å². The highest BCUT2D eigenvalue weighted by molar-refractivity contribution is 5.83. The predicted octanol–water partition coefficient (Wildman–Crippen LogP) is 2.89. The molecule has 1 fully saturated rings. The zero-order valence-electron chi connectivity index (χ0n) is 21.3. The minimum atomic E-state index is -0.412. The van der Waals surface area contributed by atoms with Crippen molar-refractivity contribution >= 4 is 10.9 Å². The lowest BCUT2D eigenvalue weighted by Gasteiger charge is -2.39. The van der Waals surface area contributed by atoms with Gasteiger partial charge < -0.3 is 18.9 Å². The molecular weight excluding hydrogens is 474 g/mol. The van der Waals surface area contributed by atoms with Crippen molar-refractivity contribution in [2.75, 3.05) is 33.0 Å². The first-order valence-electron chi connectivity index (χ1n) is 12.7. The summed E-state index contributed by atoms with van der Waals surface area (Å²) >= 11 is 0. The Morgan fingerprint density at radius 1 is 1.11 bits per heavy atom. The van der Waals surface area contributed by atoms with E-state index in [1.807, 2.05) is 35.0 Å². The summed E-state index contributed by atoms with van der Waals surface area (Å²) in [7, 11) is 0. The van der Waals surface area contributed by atoms with Gasteiger partial charge in [0.25, 0.3) is 5.56 Å². The topological polar surface area (TPSA) is 115 Å². The first-order valence-corrected chi connectivity index (χ1v) is 12.7. The van der Waals surface area contributed by atoms with Crippen LogP contribution in [-0.4, -0.2) is 68.0 Å². The number of benzene rings is 1. The number of ether oxygens (including phenoxy) is 2. The minimum Gasteiger partial charge on any atom is -0.468 e. The fourth-order valence-corrected chi connectivity index (χ4v) is 5.06. The molecule has 0 saturated carbocycles. The average Bonchev–Trinajstić information content (AvgIpc) is 3.67. The number of hydrogen-bond acceptors (Lipinski definition) is 9. The molecule has 2 aliphatic rings. The van der Waals surface area contributed by atoms with Gasteiger partial charge in [-0.1, -0.05) is 6.92 Å². The number of pyridine rings is 1. The lowest BCUT2D eigenvalue weighted by molar-refractivity contribution is 0.0925. The van der Waals surface area contributed by atoms with Gasteiger partial charge in [-0.15, -0.1) is 5.10 Å². The second kappa shape index (κ2) is 9.31. The van der Waals surface area contributed by atoms with Crippen LogP contribution in [0.2, 0.25) is 0 Å². The van der Waals surface area contributed by atoms with Crippen LogP contribution in [0, 0.1) is 0 Å². The van der Waals surface area contributed by atoms with Gasteiger partial charge in [-0.3, -0.25) is 14.6 Å². The minimum absolute atomic E-state index is 0.168. The van der Waals surface area contributed by atoms with Gasteiger partial charge in [0.2, 0.25) is 6.79 Å². The Balaban J connectivity index is 1.39. The zero-order chi connectivity index (χ0) is 25.6. The van der Waals surface area contributed by atoms with E-state index in [9.17, 15) is 4.79 Å². The summed E-state index contributed by atoms with van der Waals surface area (Å²) in [4.78, 5) is 21.3. The lowest BCUT2D eigenvalue weighted by Crippen LogP contribution is -2.49. The summed E-state index contributed by atoms with van der Waals surface area (Å²) in [5.41, 5.74) is 0.828. The fraction of sp³-hybridized carbons (Fsp3) is 0.462. The van der Waals surface area contributed by atoms with Gasteiger partial charge in [0.15, 0.2) is 17.3 Å². The third kappa shape index (κ3) is 4.38. The Morgan fingerprint density at radius 3 is 2.62 bits per heavy atom. The number of aromatic nitrogens is 5. The van der Waals surface area contributed by atoms with Crippen molar-refractivity contribution in [3.05, 3.63) is 64.1 Å². The molecule has 5 heterocycles. The Labute approximate surface area is 214 Å². The van der Waals surface area contributed by atoms with Crippen molar-refractivity contribution in [3.8, 4) is 11.5 Å². The van der Waals surface area contributed by atoms with Crippen LogP contribution >= 0.6 is 0 Å². The summed E-state index contributed by atoms with van der Waals surface area (Å²) in [5, 5.41) is 13.8. The summed E-state index contributed by atoms with van der Waals surface area (Å²) in [6.45, 7) is 10.4. The predicted molar refractivity (Wildman–Crippen MR) is 136 cm³/mol.